The molecule has 0 radical (unpaired) electrons. The summed E-state index contributed by atoms with van der Waals surface area (Å²) in [6, 6.07) is 36.2. The van der Waals surface area contributed by atoms with Crippen LogP contribution in [0.4, 0.5) is 0 Å². The Bertz CT molecular complexity index is 929. The molecule has 0 fully saturated rings. The molecule has 0 heterocycles. The van der Waals surface area contributed by atoms with Crippen LogP contribution in [0.5, 0.6) is 0 Å². The van der Waals surface area contributed by atoms with Crippen molar-refractivity contribution in [1.82, 2.24) is 0 Å². The first kappa shape index (κ1) is 22.7. The summed E-state index contributed by atoms with van der Waals surface area (Å²) >= 11 is 0. The van der Waals surface area contributed by atoms with Gasteiger partial charge in [-0.25, -0.2) is 0 Å². The van der Waals surface area contributed by atoms with Crippen molar-refractivity contribution < 1.29 is 31.1 Å². The second-order valence-electron chi connectivity index (χ2n) is 6.79. The Morgan fingerprint density at radius 2 is 0.862 bits per heavy atom. The maximum absolute atomic E-state index is 3.30. The molecule has 140 valence electrons. The Hall–Kier alpha value is -2.55. The Labute approximate surface area is 185 Å². The van der Waals surface area contributed by atoms with Gasteiger partial charge in [-0.3, -0.25) is 0 Å². The Kier molecular flexibility index (Phi) is 7.67. The summed E-state index contributed by atoms with van der Waals surface area (Å²) < 4.78 is 0. The molecule has 4 aromatic rings. The van der Waals surface area contributed by atoms with Crippen LogP contribution in [0.1, 0.15) is 22.3 Å². The molecule has 3 heteroatoms. The van der Waals surface area contributed by atoms with E-state index in [0.717, 1.165) is 12.8 Å². The minimum Gasteiger partial charge on any atom is -1.00 e. The molecule has 0 amide bonds. The van der Waals surface area contributed by atoms with E-state index in [-0.39, 0.29) is 31.1 Å². The number of hydrogen-bond donors (Lipinski definition) is 0. The van der Waals surface area contributed by atoms with Crippen molar-refractivity contribution in [2.24, 2.45) is 0 Å². The summed E-state index contributed by atoms with van der Waals surface area (Å²) in [7, 11) is 0. The number of fused-ring (bicyclic) bond motifs is 6. The van der Waals surface area contributed by atoms with E-state index in [1.54, 1.807) is 0 Å². The molecule has 4 aromatic carbocycles. The van der Waals surface area contributed by atoms with E-state index < -0.39 is 0 Å². The van der Waals surface area contributed by atoms with E-state index in [2.05, 4.69) is 84.9 Å². The Morgan fingerprint density at radius 1 is 0.483 bits per heavy atom. The van der Waals surface area contributed by atoms with Gasteiger partial charge in [-0.1, -0.05) is 70.8 Å². The summed E-state index contributed by atoms with van der Waals surface area (Å²) in [6.07, 6.45) is 2.10. The van der Waals surface area contributed by atoms with Crippen molar-refractivity contribution in [1.29, 1.82) is 0 Å². The second kappa shape index (κ2) is 9.78. The standard InChI is InChI=1S/2C13H9.2FH.Ti/c2*1-3-7-12-10(5-1)9-11-6-2-4-8-13(11)12;;;/h2*1-5,7-8H,9H2;2*1H;/q2*-1;;;+4/p-2. The van der Waals surface area contributed by atoms with Crippen LogP contribution in [-0.4, -0.2) is 0 Å². The zero-order valence-electron chi connectivity index (χ0n) is 15.8. The second-order valence-corrected chi connectivity index (χ2v) is 6.79. The first-order valence-corrected chi connectivity index (χ1v) is 9.06. The molecule has 0 atom stereocenters. The van der Waals surface area contributed by atoms with Crippen LogP contribution in [0.3, 0.4) is 0 Å². The largest absolute Gasteiger partial charge is 4.00 e. The van der Waals surface area contributed by atoms with Crippen molar-refractivity contribution in [3.05, 3.63) is 119 Å². The van der Waals surface area contributed by atoms with Crippen LogP contribution < -0.4 is 9.41 Å². The van der Waals surface area contributed by atoms with E-state index in [1.807, 2.05) is 12.1 Å². The smallest absolute Gasteiger partial charge is 1.00 e. The molecule has 0 aromatic heterocycles. The minimum atomic E-state index is 0. The molecule has 0 saturated carbocycles. The Balaban J connectivity index is 0.000000187. The molecule has 0 N–H and O–H groups in total. The van der Waals surface area contributed by atoms with Crippen molar-refractivity contribution in [2.75, 3.05) is 0 Å². The molecule has 6 rings (SSSR count). The summed E-state index contributed by atoms with van der Waals surface area (Å²) in [6.45, 7) is 0. The van der Waals surface area contributed by atoms with Crippen molar-refractivity contribution in [3.8, 4) is 22.3 Å². The summed E-state index contributed by atoms with van der Waals surface area (Å²) in [5, 5.41) is 0. The average molecular weight is 416 g/mol. The summed E-state index contributed by atoms with van der Waals surface area (Å²) in [5.41, 5.74) is 11.0. The molecule has 0 aliphatic heterocycles. The van der Waals surface area contributed by atoms with Crippen LogP contribution in [0.25, 0.3) is 22.3 Å². The molecule has 0 saturated heterocycles. The third-order valence-corrected chi connectivity index (χ3v) is 5.23. The van der Waals surface area contributed by atoms with Gasteiger partial charge in [-0.15, -0.1) is 11.1 Å². The van der Waals surface area contributed by atoms with Crippen molar-refractivity contribution in [3.63, 3.8) is 0 Å². The molecule has 0 unspecified atom stereocenters. The molecule has 29 heavy (non-hydrogen) atoms. The first-order chi connectivity index (χ1) is 12.9. The van der Waals surface area contributed by atoms with E-state index in [0.29, 0.717) is 0 Å². The predicted molar refractivity (Wildman–Crippen MR) is 107 cm³/mol. The van der Waals surface area contributed by atoms with Gasteiger partial charge in [-0.05, 0) is 12.8 Å². The number of rotatable bonds is 0. The van der Waals surface area contributed by atoms with Crippen LogP contribution >= 0.6 is 0 Å². The van der Waals surface area contributed by atoms with Gasteiger partial charge >= 0.3 is 21.7 Å². The van der Waals surface area contributed by atoms with E-state index in [9.17, 15) is 0 Å². The fourth-order valence-corrected chi connectivity index (χ4v) is 4.00. The first-order valence-electron chi connectivity index (χ1n) is 9.06. The topological polar surface area (TPSA) is 0 Å². The average Bonchev–Trinajstić information content (AvgIpc) is 3.27. The third-order valence-electron chi connectivity index (χ3n) is 5.23. The zero-order valence-corrected chi connectivity index (χ0v) is 17.3. The summed E-state index contributed by atoms with van der Waals surface area (Å²) in [4.78, 5) is 0. The van der Waals surface area contributed by atoms with Gasteiger partial charge in [0.05, 0.1) is 0 Å². The number of hydrogen-bond acceptors (Lipinski definition) is 0. The minimum absolute atomic E-state index is 0. The molecular weight excluding hydrogens is 398 g/mol. The molecule has 0 spiro atoms. The quantitative estimate of drug-likeness (QED) is 0.244. The van der Waals surface area contributed by atoms with E-state index in [1.165, 1.54) is 44.5 Å². The molecular formula is C26H18F2Ti. The maximum Gasteiger partial charge on any atom is 4.00 e. The van der Waals surface area contributed by atoms with Crippen LogP contribution in [0.2, 0.25) is 0 Å². The maximum atomic E-state index is 3.30. The number of halogens is 2. The molecule has 2 aliphatic carbocycles. The van der Waals surface area contributed by atoms with Gasteiger partial charge in [0.25, 0.3) is 0 Å². The molecule has 2 aliphatic rings. The van der Waals surface area contributed by atoms with Crippen molar-refractivity contribution >= 4 is 0 Å². The number of benzene rings is 4. The Morgan fingerprint density at radius 3 is 1.31 bits per heavy atom. The van der Waals surface area contributed by atoms with Gasteiger partial charge in [-0.2, -0.15) is 59.7 Å². The van der Waals surface area contributed by atoms with Gasteiger partial charge in [0, 0.05) is 0 Å². The van der Waals surface area contributed by atoms with Crippen LogP contribution in [0.15, 0.2) is 84.9 Å². The van der Waals surface area contributed by atoms with Crippen LogP contribution in [0, 0.1) is 12.1 Å². The monoisotopic (exact) mass is 416 g/mol. The zero-order chi connectivity index (χ0) is 17.3. The fraction of sp³-hybridized carbons (Fsp3) is 0.0769. The van der Waals surface area contributed by atoms with E-state index in [4.69, 9.17) is 0 Å². The van der Waals surface area contributed by atoms with Crippen LogP contribution in [-0.2, 0) is 34.6 Å². The fourth-order valence-electron chi connectivity index (χ4n) is 4.00. The summed E-state index contributed by atoms with van der Waals surface area (Å²) in [5.74, 6) is 0. The third kappa shape index (κ3) is 4.24. The normalized spacial score (nSPS) is 11.0. The van der Waals surface area contributed by atoms with Gasteiger partial charge in [0.1, 0.15) is 0 Å². The van der Waals surface area contributed by atoms with Gasteiger partial charge < -0.3 is 9.41 Å². The molecule has 0 bridgehead atoms. The van der Waals surface area contributed by atoms with Crippen molar-refractivity contribution in [2.45, 2.75) is 12.8 Å². The molecule has 0 nitrogen and oxygen atoms in total. The van der Waals surface area contributed by atoms with Gasteiger partial charge in [0.2, 0.25) is 0 Å². The van der Waals surface area contributed by atoms with E-state index >= 15 is 0 Å². The predicted octanol–water partition coefficient (Wildman–Crippen LogP) is 0.121. The SMILES string of the molecule is [F-].[F-].[Ti+4].[c-]1cccc2c1Cc1ccccc1-2.[c-]1cccc2c1Cc1ccccc1-2. The van der Waals surface area contributed by atoms with Gasteiger partial charge in [0.15, 0.2) is 0 Å².